The molecule has 0 spiro atoms. The van der Waals surface area contributed by atoms with Gasteiger partial charge in [-0.05, 0) is 133 Å². The number of carboxylic acid groups (broad SMARTS) is 1. The van der Waals surface area contributed by atoms with Crippen LogP contribution in [0.5, 0.6) is 0 Å². The predicted octanol–water partition coefficient (Wildman–Crippen LogP) is 7.51. The van der Waals surface area contributed by atoms with E-state index in [1.807, 2.05) is 73.7 Å². The van der Waals surface area contributed by atoms with E-state index in [1.165, 1.54) is 24.3 Å². The molecule has 8 rings (SSSR count). The Balaban J connectivity index is 0.000000214. The minimum Gasteiger partial charge on any atom is -0.870 e. The summed E-state index contributed by atoms with van der Waals surface area (Å²) in [7, 11) is 0. The maximum absolute atomic E-state index is 13.3. The Bertz CT molecular complexity index is 2190. The maximum atomic E-state index is 13.3. The van der Waals surface area contributed by atoms with Crippen molar-refractivity contribution < 1.29 is 58.5 Å². The Morgan fingerprint density at radius 1 is 0.655 bits per heavy atom. The van der Waals surface area contributed by atoms with E-state index >= 15 is 0 Å². The van der Waals surface area contributed by atoms with Crippen LogP contribution in [0.25, 0.3) is 21.8 Å². The fraction of sp³-hybridized carbons (Fsp3) is 0.362. The van der Waals surface area contributed by atoms with Crippen LogP contribution in [0, 0.1) is 37.3 Å². The molecule has 2 aromatic heterocycles. The number of aromatic nitrogens is 2. The zero-order valence-electron chi connectivity index (χ0n) is 34.3. The number of para-hydroxylation sites is 2. The summed E-state index contributed by atoms with van der Waals surface area (Å²) in [5.41, 5.74) is 7.43. The van der Waals surface area contributed by atoms with Gasteiger partial charge in [0.25, 0.3) is 0 Å². The maximum Gasteiger partial charge on any atom is 1.00 e. The van der Waals surface area contributed by atoms with Crippen LogP contribution < -0.4 is 40.2 Å². The molecule has 300 valence electrons. The molecule has 2 aliphatic heterocycles. The Morgan fingerprint density at radius 2 is 1.03 bits per heavy atom. The van der Waals surface area contributed by atoms with Gasteiger partial charge in [-0.1, -0.05) is 60.7 Å². The number of aromatic carboxylic acids is 1. The number of fused-ring (bicyclic) bond motifs is 2. The Hall–Kier alpha value is -4.16. The van der Waals surface area contributed by atoms with E-state index in [0.717, 1.165) is 88.7 Å². The van der Waals surface area contributed by atoms with E-state index in [9.17, 15) is 23.5 Å². The third-order valence-corrected chi connectivity index (χ3v) is 12.5. The standard InChI is InChI=1S/C24H27FN2O.C23H25FN2O2.Na.H2O/c1-15(19-12-13-26-22(14-19)18-8-10-20(25)11-9-18)27-16(2)24(17(3)28)21-6-4-5-7-23(21)27;1-14(17-11-12-25-20(13-17)16-7-9-18(24)10-8-16)26-15(2)22(23(27)28)19-5-3-4-6-21(19)26;;/h4-11,15,19,22,26H,12-14H2,1-3H3;3-10,14,17,20,25H,11-13H2,1-2H3,(H,27,28);;1H2/q;;+1;/p-1. The fourth-order valence-corrected chi connectivity index (χ4v) is 9.64. The molecule has 2 aliphatic rings. The first-order chi connectivity index (χ1) is 26.9. The molecule has 0 radical (unpaired) electrons. The number of nitrogens with zero attached hydrogens (tertiary/aromatic N) is 2. The third-order valence-electron chi connectivity index (χ3n) is 12.5. The monoisotopic (exact) mass is 798 g/mol. The number of carbonyl (C=O) groups is 2. The number of hydrogen-bond acceptors (Lipinski definition) is 5. The number of carbonyl (C=O) groups excluding carboxylic acids is 1. The van der Waals surface area contributed by atoms with Crippen molar-refractivity contribution in [3.63, 3.8) is 0 Å². The second-order valence-electron chi connectivity index (χ2n) is 15.7. The van der Waals surface area contributed by atoms with Crippen LogP contribution in [-0.4, -0.2) is 44.6 Å². The molecule has 0 saturated carbocycles. The molecule has 58 heavy (non-hydrogen) atoms. The molecule has 4 N–H and O–H groups in total. The number of nitrogens with one attached hydrogen (secondary N) is 2. The molecule has 2 fully saturated rings. The van der Waals surface area contributed by atoms with Crippen LogP contribution in [0.1, 0.15) is 114 Å². The van der Waals surface area contributed by atoms with Crippen molar-refractivity contribution in [2.45, 2.75) is 84.5 Å². The number of halogens is 2. The second kappa shape index (κ2) is 19.3. The van der Waals surface area contributed by atoms with Gasteiger partial charge < -0.3 is 30.4 Å². The molecule has 6 atom stereocenters. The molecule has 0 amide bonds. The number of carboxylic acids is 1. The van der Waals surface area contributed by atoms with Crippen molar-refractivity contribution in [3.8, 4) is 0 Å². The van der Waals surface area contributed by atoms with Crippen molar-refractivity contribution >= 4 is 33.6 Å². The SMILES string of the molecule is CC(=O)c1c(C)n(C(C)C2CCNC(c3ccc(F)cc3)C2)c2ccccc12.Cc1c(C(=O)O)c2ccccc2n1C(C)C1CCNC(c2ccc(F)cc2)C1.[Na+].[OH-]. The summed E-state index contributed by atoms with van der Waals surface area (Å²) < 4.78 is 31.1. The van der Waals surface area contributed by atoms with Gasteiger partial charge in [-0.3, -0.25) is 4.79 Å². The van der Waals surface area contributed by atoms with Gasteiger partial charge in [0.05, 0.1) is 5.56 Å². The van der Waals surface area contributed by atoms with E-state index in [2.05, 4.69) is 46.6 Å². The van der Waals surface area contributed by atoms with Crippen LogP contribution in [0.2, 0.25) is 0 Å². The first-order valence-electron chi connectivity index (χ1n) is 19.9. The smallest absolute Gasteiger partial charge is 0.870 e. The summed E-state index contributed by atoms with van der Waals surface area (Å²) in [5.74, 6) is -0.308. The average molecular weight is 799 g/mol. The minimum atomic E-state index is -0.880. The van der Waals surface area contributed by atoms with E-state index in [-0.39, 0.29) is 76.6 Å². The van der Waals surface area contributed by atoms with Crippen LogP contribution in [0.3, 0.4) is 0 Å². The third kappa shape index (κ3) is 9.03. The van der Waals surface area contributed by atoms with Gasteiger partial charge in [-0.2, -0.15) is 0 Å². The number of piperidine rings is 2. The average Bonchev–Trinajstić information content (AvgIpc) is 3.68. The molecule has 4 aromatic carbocycles. The van der Waals surface area contributed by atoms with Crippen molar-refractivity contribution in [2.75, 3.05) is 13.1 Å². The summed E-state index contributed by atoms with van der Waals surface area (Å²) in [6.07, 6.45) is 4.03. The van der Waals surface area contributed by atoms with E-state index < -0.39 is 5.97 Å². The molecular formula is C47H53F2N4NaO4. The Kier molecular flexibility index (Phi) is 14.9. The van der Waals surface area contributed by atoms with Gasteiger partial charge in [0.15, 0.2) is 5.78 Å². The minimum absolute atomic E-state index is 0. The quantitative estimate of drug-likeness (QED) is 0.108. The number of rotatable bonds is 8. The van der Waals surface area contributed by atoms with E-state index in [4.69, 9.17) is 0 Å². The Morgan fingerprint density at radius 3 is 1.43 bits per heavy atom. The van der Waals surface area contributed by atoms with E-state index in [0.29, 0.717) is 17.4 Å². The van der Waals surface area contributed by atoms with E-state index in [1.54, 1.807) is 6.92 Å². The fourth-order valence-electron chi connectivity index (χ4n) is 9.64. The van der Waals surface area contributed by atoms with Gasteiger partial charge in [0.2, 0.25) is 0 Å². The number of ketones is 1. The summed E-state index contributed by atoms with van der Waals surface area (Å²) >= 11 is 0. The van der Waals surface area contributed by atoms with Gasteiger partial charge in [0.1, 0.15) is 11.6 Å². The summed E-state index contributed by atoms with van der Waals surface area (Å²) in [5, 5.41) is 18.7. The molecule has 6 aromatic rings. The summed E-state index contributed by atoms with van der Waals surface area (Å²) in [6, 6.07) is 30.3. The van der Waals surface area contributed by atoms with Crippen molar-refractivity contribution in [2.24, 2.45) is 11.8 Å². The first-order valence-corrected chi connectivity index (χ1v) is 19.9. The van der Waals surface area contributed by atoms with Crippen LogP contribution >= 0.6 is 0 Å². The molecule has 11 heteroatoms. The molecular weight excluding hydrogens is 746 g/mol. The zero-order valence-corrected chi connectivity index (χ0v) is 36.3. The molecule has 2 saturated heterocycles. The zero-order chi connectivity index (χ0) is 39.7. The Labute approximate surface area is 361 Å². The van der Waals surface area contributed by atoms with Crippen molar-refractivity contribution in [3.05, 3.63) is 142 Å². The summed E-state index contributed by atoms with van der Waals surface area (Å²) in [6.45, 7) is 11.9. The van der Waals surface area contributed by atoms with Gasteiger partial charge >= 0.3 is 35.5 Å². The summed E-state index contributed by atoms with van der Waals surface area (Å²) in [4.78, 5) is 24.2. The number of hydrogen-bond donors (Lipinski definition) is 3. The van der Waals surface area contributed by atoms with Crippen molar-refractivity contribution in [1.82, 2.24) is 19.8 Å². The van der Waals surface area contributed by atoms with Crippen LogP contribution in [0.4, 0.5) is 8.78 Å². The number of Topliss-reactive ketones (excluding diaryl/α,β-unsaturated/α-hetero) is 1. The predicted molar refractivity (Wildman–Crippen MR) is 221 cm³/mol. The molecule has 0 bridgehead atoms. The number of benzene rings is 4. The van der Waals surface area contributed by atoms with Gasteiger partial charge in [-0.25, -0.2) is 13.6 Å². The second-order valence-corrected chi connectivity index (χ2v) is 15.7. The van der Waals surface area contributed by atoms with Gasteiger partial charge in [0, 0.05) is 62.9 Å². The molecule has 0 aliphatic carbocycles. The molecule has 8 nitrogen and oxygen atoms in total. The largest absolute Gasteiger partial charge is 1.00 e. The molecule has 4 heterocycles. The topological polar surface area (TPSA) is 118 Å². The van der Waals surface area contributed by atoms with Crippen LogP contribution in [0.15, 0.2) is 97.1 Å². The van der Waals surface area contributed by atoms with Crippen molar-refractivity contribution in [1.29, 1.82) is 0 Å². The van der Waals surface area contributed by atoms with Gasteiger partial charge in [-0.15, -0.1) is 0 Å². The molecule has 6 unspecified atom stereocenters. The van der Waals surface area contributed by atoms with Crippen LogP contribution in [-0.2, 0) is 0 Å². The first kappa shape index (κ1) is 44.9. The normalized spacial score (nSPS) is 20.3.